The summed E-state index contributed by atoms with van der Waals surface area (Å²) in [6.07, 6.45) is 7.37. The lowest BCUT2D eigenvalue weighted by Crippen LogP contribution is -2.65. The van der Waals surface area contributed by atoms with Gasteiger partial charge in [0.1, 0.15) is 0 Å². The molecule has 1 aliphatic heterocycles. The molecule has 28 heavy (non-hydrogen) atoms. The second-order valence-electron chi connectivity index (χ2n) is 7.54. The van der Waals surface area contributed by atoms with E-state index in [0.29, 0.717) is 12.1 Å². The highest BCUT2D eigenvalue weighted by atomic mass is 16.3. The minimum absolute atomic E-state index is 0.00818. The summed E-state index contributed by atoms with van der Waals surface area (Å²) in [5.74, 6) is 0.185. The third kappa shape index (κ3) is 4.32. The van der Waals surface area contributed by atoms with Crippen molar-refractivity contribution < 1.29 is 9.90 Å². The zero-order valence-electron chi connectivity index (χ0n) is 16.7. The van der Waals surface area contributed by atoms with Gasteiger partial charge in [0.2, 0.25) is 0 Å². The third-order valence-electron chi connectivity index (χ3n) is 5.38. The summed E-state index contributed by atoms with van der Waals surface area (Å²) in [6.45, 7) is 6.74. The number of benzene rings is 1. The maximum absolute atomic E-state index is 13.0. The molecule has 0 spiro atoms. The van der Waals surface area contributed by atoms with Crippen molar-refractivity contribution in [2.45, 2.75) is 44.8 Å². The van der Waals surface area contributed by atoms with Crippen molar-refractivity contribution in [3.8, 4) is 0 Å². The molecule has 0 unspecified atom stereocenters. The Kier molecular flexibility index (Phi) is 6.60. The molecular formula is C23H29N3O2. The molecule has 1 amide bonds. The van der Waals surface area contributed by atoms with Gasteiger partial charge in [-0.15, -0.1) is 0 Å². The van der Waals surface area contributed by atoms with Crippen molar-refractivity contribution in [2.24, 2.45) is 0 Å². The van der Waals surface area contributed by atoms with Crippen LogP contribution in [0.5, 0.6) is 0 Å². The van der Waals surface area contributed by atoms with Crippen LogP contribution in [-0.4, -0.2) is 52.2 Å². The Morgan fingerprint density at radius 2 is 1.86 bits per heavy atom. The fourth-order valence-corrected chi connectivity index (χ4v) is 3.86. The summed E-state index contributed by atoms with van der Waals surface area (Å²) in [7, 11) is 0. The van der Waals surface area contributed by atoms with E-state index in [1.165, 1.54) is 5.56 Å². The van der Waals surface area contributed by atoms with Crippen LogP contribution < -0.4 is 5.32 Å². The van der Waals surface area contributed by atoms with Gasteiger partial charge >= 0.3 is 0 Å². The van der Waals surface area contributed by atoms with Crippen molar-refractivity contribution in [3.63, 3.8) is 0 Å². The molecular weight excluding hydrogens is 350 g/mol. The van der Waals surface area contributed by atoms with Gasteiger partial charge in [-0.1, -0.05) is 36.4 Å². The number of pyridine rings is 1. The average Bonchev–Trinajstić information content (AvgIpc) is 2.69. The smallest absolute Gasteiger partial charge is 0.254 e. The second-order valence-corrected chi connectivity index (χ2v) is 7.54. The minimum atomic E-state index is 0.00818. The quantitative estimate of drug-likeness (QED) is 0.776. The number of carbonyl (C=O) groups is 1. The van der Waals surface area contributed by atoms with E-state index in [1.807, 2.05) is 31.7 Å². The molecule has 2 N–H and O–H groups in total. The van der Waals surface area contributed by atoms with Crippen LogP contribution in [0.25, 0.3) is 6.08 Å². The van der Waals surface area contributed by atoms with Crippen LogP contribution in [0.3, 0.4) is 0 Å². The molecule has 5 heteroatoms. The van der Waals surface area contributed by atoms with Crippen LogP contribution in [0.4, 0.5) is 0 Å². The Balaban J connectivity index is 1.77. The predicted molar refractivity (Wildman–Crippen MR) is 112 cm³/mol. The number of nitrogens with one attached hydrogen (secondary N) is 1. The van der Waals surface area contributed by atoms with Gasteiger partial charge in [-0.3, -0.25) is 9.78 Å². The standard InChI is InChI=1S/C23H29N3O2/c1-4-5-17-6-8-18(9-7-17)22-20(25-21(22)15-27)14-26(16(2)3)23(28)19-10-12-24-13-11-19/h4-13,16,20-22,25,27H,14-15H2,1-3H3/b5-4+/t20-,21+,22+/m0/s1. The van der Waals surface area contributed by atoms with Gasteiger partial charge in [-0.05, 0) is 44.0 Å². The van der Waals surface area contributed by atoms with Crippen molar-refractivity contribution in [1.29, 1.82) is 0 Å². The van der Waals surface area contributed by atoms with Crippen molar-refractivity contribution >= 4 is 12.0 Å². The summed E-state index contributed by atoms with van der Waals surface area (Å²) >= 11 is 0. The molecule has 1 aliphatic rings. The molecule has 1 saturated heterocycles. The monoisotopic (exact) mass is 379 g/mol. The van der Waals surface area contributed by atoms with Gasteiger partial charge < -0.3 is 15.3 Å². The molecule has 148 valence electrons. The number of amides is 1. The molecule has 1 fully saturated rings. The molecule has 0 bridgehead atoms. The lowest BCUT2D eigenvalue weighted by atomic mass is 9.77. The van der Waals surface area contributed by atoms with E-state index in [1.54, 1.807) is 24.5 Å². The van der Waals surface area contributed by atoms with E-state index in [2.05, 4.69) is 40.6 Å². The molecule has 5 nitrogen and oxygen atoms in total. The fraction of sp³-hybridized carbons (Fsp3) is 0.391. The number of rotatable bonds is 7. The zero-order valence-corrected chi connectivity index (χ0v) is 16.7. The molecule has 0 radical (unpaired) electrons. The van der Waals surface area contributed by atoms with E-state index in [-0.39, 0.29) is 36.6 Å². The van der Waals surface area contributed by atoms with Crippen molar-refractivity contribution in [3.05, 3.63) is 71.6 Å². The number of hydrogen-bond acceptors (Lipinski definition) is 4. The van der Waals surface area contributed by atoms with E-state index < -0.39 is 0 Å². The Morgan fingerprint density at radius 1 is 1.18 bits per heavy atom. The Hall–Kier alpha value is -2.50. The first-order valence-corrected chi connectivity index (χ1v) is 9.85. The van der Waals surface area contributed by atoms with Crippen molar-refractivity contribution in [2.75, 3.05) is 13.2 Å². The number of carbonyl (C=O) groups excluding carboxylic acids is 1. The Labute approximate surface area is 167 Å². The van der Waals surface area contributed by atoms with Crippen LogP contribution in [0.2, 0.25) is 0 Å². The van der Waals surface area contributed by atoms with Gasteiger partial charge in [0, 0.05) is 48.5 Å². The predicted octanol–water partition coefficient (Wildman–Crippen LogP) is 3.08. The van der Waals surface area contributed by atoms with Crippen LogP contribution in [-0.2, 0) is 0 Å². The van der Waals surface area contributed by atoms with Gasteiger partial charge in [-0.2, -0.15) is 0 Å². The maximum Gasteiger partial charge on any atom is 0.254 e. The summed E-state index contributed by atoms with van der Waals surface area (Å²) in [4.78, 5) is 18.9. The van der Waals surface area contributed by atoms with E-state index >= 15 is 0 Å². The number of aromatic nitrogens is 1. The first-order chi connectivity index (χ1) is 13.5. The number of aliphatic hydroxyl groups is 1. The van der Waals surface area contributed by atoms with Gasteiger partial charge in [0.25, 0.3) is 5.91 Å². The van der Waals surface area contributed by atoms with Gasteiger partial charge in [0.05, 0.1) is 6.61 Å². The van der Waals surface area contributed by atoms with E-state index in [0.717, 1.165) is 5.56 Å². The summed E-state index contributed by atoms with van der Waals surface area (Å²) < 4.78 is 0. The molecule has 2 aromatic rings. The maximum atomic E-state index is 13.0. The zero-order chi connectivity index (χ0) is 20.1. The first kappa shape index (κ1) is 20.2. The SMILES string of the molecule is C/C=C/c1ccc([C@@H]2[C@H](CN(C(=O)c3ccncc3)C(C)C)N[C@@H]2CO)cc1. The van der Waals surface area contributed by atoms with Crippen LogP contribution in [0, 0.1) is 0 Å². The minimum Gasteiger partial charge on any atom is -0.395 e. The number of aliphatic hydroxyl groups excluding tert-OH is 1. The average molecular weight is 380 g/mol. The second kappa shape index (κ2) is 9.13. The summed E-state index contributed by atoms with van der Waals surface area (Å²) in [5.41, 5.74) is 3.00. The number of allylic oxidation sites excluding steroid dienone is 1. The van der Waals surface area contributed by atoms with Crippen LogP contribution in [0.1, 0.15) is 48.2 Å². The van der Waals surface area contributed by atoms with E-state index in [9.17, 15) is 9.90 Å². The molecule has 0 saturated carbocycles. The topological polar surface area (TPSA) is 65.5 Å². The lowest BCUT2D eigenvalue weighted by Gasteiger charge is -2.48. The van der Waals surface area contributed by atoms with Crippen LogP contribution in [0.15, 0.2) is 54.9 Å². The van der Waals surface area contributed by atoms with Crippen molar-refractivity contribution in [1.82, 2.24) is 15.2 Å². The highest BCUT2D eigenvalue weighted by molar-refractivity contribution is 5.94. The van der Waals surface area contributed by atoms with Crippen LogP contribution >= 0.6 is 0 Å². The first-order valence-electron chi connectivity index (χ1n) is 9.85. The third-order valence-corrected chi connectivity index (χ3v) is 5.38. The Morgan fingerprint density at radius 3 is 2.43 bits per heavy atom. The highest BCUT2D eigenvalue weighted by Crippen LogP contribution is 2.33. The molecule has 0 aliphatic carbocycles. The molecule has 3 atom stereocenters. The lowest BCUT2D eigenvalue weighted by molar-refractivity contribution is 0.0562. The fourth-order valence-electron chi connectivity index (χ4n) is 3.86. The van der Waals surface area contributed by atoms with Gasteiger partial charge in [0.15, 0.2) is 0 Å². The largest absolute Gasteiger partial charge is 0.395 e. The number of nitrogens with zero attached hydrogens (tertiary/aromatic N) is 2. The Bertz CT molecular complexity index is 802. The number of hydrogen-bond donors (Lipinski definition) is 2. The van der Waals surface area contributed by atoms with E-state index in [4.69, 9.17) is 0 Å². The normalized spacial score (nSPS) is 21.7. The molecule has 1 aromatic heterocycles. The molecule has 3 rings (SSSR count). The summed E-state index contributed by atoms with van der Waals surface area (Å²) in [5, 5.41) is 13.2. The molecule has 2 heterocycles. The summed E-state index contributed by atoms with van der Waals surface area (Å²) in [6, 6.07) is 12.2. The van der Waals surface area contributed by atoms with Gasteiger partial charge in [-0.25, -0.2) is 0 Å². The highest BCUT2D eigenvalue weighted by Gasteiger charge is 2.42. The molecule has 1 aromatic carbocycles.